The Hall–Kier alpha value is -1.30. The summed E-state index contributed by atoms with van der Waals surface area (Å²) in [5.41, 5.74) is -0.491. The van der Waals surface area contributed by atoms with Crippen molar-refractivity contribution in [2.24, 2.45) is 5.41 Å². The van der Waals surface area contributed by atoms with Gasteiger partial charge in [-0.2, -0.15) is 0 Å². The van der Waals surface area contributed by atoms with Crippen molar-refractivity contribution in [1.82, 2.24) is 10.2 Å². The number of hydrogen-bond acceptors (Lipinski definition) is 4. The summed E-state index contributed by atoms with van der Waals surface area (Å²) in [5, 5.41) is 3.61. The van der Waals surface area contributed by atoms with Gasteiger partial charge in [-0.1, -0.05) is 51.8 Å². The fourth-order valence-corrected chi connectivity index (χ4v) is 3.63. The second-order valence-corrected chi connectivity index (χ2v) is 8.26. The van der Waals surface area contributed by atoms with Crippen LogP contribution in [0.1, 0.15) is 52.9 Å². The van der Waals surface area contributed by atoms with Gasteiger partial charge in [0.05, 0.1) is 10.8 Å². The number of carbonyl (C=O) groups is 3. The van der Waals surface area contributed by atoms with Crippen LogP contribution < -0.4 is 5.32 Å². The lowest BCUT2D eigenvalue weighted by Gasteiger charge is -2.24. The number of allylic oxidation sites excluding steroid dienone is 1. The lowest BCUT2D eigenvalue weighted by molar-refractivity contribution is -0.131. The van der Waals surface area contributed by atoms with Crippen LogP contribution in [0, 0.1) is 5.41 Å². The molecule has 1 N–H and O–H groups in total. The van der Waals surface area contributed by atoms with E-state index in [1.165, 1.54) is 29.2 Å². The van der Waals surface area contributed by atoms with Gasteiger partial charge in [-0.3, -0.25) is 19.3 Å². The van der Waals surface area contributed by atoms with E-state index in [1.54, 1.807) is 0 Å². The Morgan fingerprint density at radius 2 is 1.91 bits per heavy atom. The van der Waals surface area contributed by atoms with Crippen molar-refractivity contribution in [3.05, 3.63) is 11.1 Å². The van der Waals surface area contributed by atoms with Crippen molar-refractivity contribution >= 4 is 29.4 Å². The molecule has 6 heteroatoms. The van der Waals surface area contributed by atoms with Crippen molar-refractivity contribution < 1.29 is 14.4 Å². The van der Waals surface area contributed by atoms with Gasteiger partial charge in [0, 0.05) is 17.5 Å². The second kappa shape index (κ2) is 7.51. The Balaban J connectivity index is 1.98. The number of ketones is 1. The quantitative estimate of drug-likeness (QED) is 0.800. The Kier molecular flexibility index (Phi) is 5.89. The van der Waals surface area contributed by atoms with Crippen molar-refractivity contribution in [3.8, 4) is 0 Å². The number of amides is 2. The van der Waals surface area contributed by atoms with E-state index in [1.807, 2.05) is 20.8 Å². The summed E-state index contributed by atoms with van der Waals surface area (Å²) in [6.07, 6.45) is 7.06. The second-order valence-electron chi connectivity index (χ2n) is 7.27. The van der Waals surface area contributed by atoms with Crippen LogP contribution in [0.2, 0.25) is 0 Å². The van der Waals surface area contributed by atoms with Gasteiger partial charge < -0.3 is 5.32 Å². The molecule has 0 spiro atoms. The van der Waals surface area contributed by atoms with Gasteiger partial charge in [-0.25, -0.2) is 0 Å². The highest BCUT2D eigenvalue weighted by Crippen LogP contribution is 2.30. The molecular formula is C17H26N2O3S. The van der Waals surface area contributed by atoms with E-state index in [9.17, 15) is 14.4 Å². The van der Waals surface area contributed by atoms with E-state index in [4.69, 9.17) is 0 Å². The SMILES string of the molecule is CC(C)(C)C(=O)C=C1SCC(=O)N1CC(=O)NC1CCCCC1. The lowest BCUT2D eigenvalue weighted by atomic mass is 9.91. The van der Waals surface area contributed by atoms with Gasteiger partial charge in [0.15, 0.2) is 5.78 Å². The molecule has 0 radical (unpaired) electrons. The Bertz CT molecular complexity index is 516. The number of nitrogens with one attached hydrogen (secondary N) is 1. The molecular weight excluding hydrogens is 312 g/mol. The molecule has 1 aliphatic carbocycles. The van der Waals surface area contributed by atoms with Crippen molar-refractivity contribution in [3.63, 3.8) is 0 Å². The average Bonchev–Trinajstić information content (AvgIpc) is 2.80. The minimum absolute atomic E-state index is 0.00555. The van der Waals surface area contributed by atoms with Gasteiger partial charge >= 0.3 is 0 Å². The van der Waals surface area contributed by atoms with Gasteiger partial charge in [0.25, 0.3) is 0 Å². The number of carbonyl (C=O) groups excluding carboxylic acids is 3. The maximum absolute atomic E-state index is 12.2. The van der Waals surface area contributed by atoms with Crippen LogP contribution in [0.5, 0.6) is 0 Å². The first-order chi connectivity index (χ1) is 10.8. The lowest BCUT2D eigenvalue weighted by Crippen LogP contribution is -2.43. The Morgan fingerprint density at radius 1 is 1.26 bits per heavy atom. The highest BCUT2D eigenvalue weighted by molar-refractivity contribution is 8.04. The molecule has 2 aliphatic rings. The number of nitrogens with zero attached hydrogens (tertiary/aromatic N) is 1. The van der Waals surface area contributed by atoms with Crippen LogP contribution in [-0.4, -0.2) is 40.8 Å². The zero-order chi connectivity index (χ0) is 17.0. The fourth-order valence-electron chi connectivity index (χ4n) is 2.69. The first-order valence-corrected chi connectivity index (χ1v) is 9.24. The van der Waals surface area contributed by atoms with E-state index in [2.05, 4.69) is 5.32 Å². The molecule has 2 amide bonds. The zero-order valence-electron chi connectivity index (χ0n) is 14.2. The number of rotatable bonds is 4. The summed E-state index contributed by atoms with van der Waals surface area (Å²) >= 11 is 1.33. The summed E-state index contributed by atoms with van der Waals surface area (Å²) < 4.78 is 0. The molecule has 2 rings (SSSR count). The molecule has 23 heavy (non-hydrogen) atoms. The van der Waals surface area contributed by atoms with Crippen LogP contribution in [-0.2, 0) is 14.4 Å². The molecule has 0 unspecified atom stereocenters. The number of hydrogen-bond donors (Lipinski definition) is 1. The molecule has 5 nitrogen and oxygen atoms in total. The summed E-state index contributed by atoms with van der Waals surface area (Å²) in [6.45, 7) is 5.53. The van der Waals surface area contributed by atoms with E-state index in [0.29, 0.717) is 10.8 Å². The third-order valence-electron chi connectivity index (χ3n) is 4.18. The van der Waals surface area contributed by atoms with Gasteiger partial charge in [-0.05, 0) is 12.8 Å². The average molecular weight is 338 g/mol. The maximum Gasteiger partial charge on any atom is 0.240 e. The van der Waals surface area contributed by atoms with Crippen LogP contribution in [0.15, 0.2) is 11.1 Å². The summed E-state index contributed by atoms with van der Waals surface area (Å²) in [4.78, 5) is 37.8. The fraction of sp³-hybridized carbons (Fsp3) is 0.706. The summed E-state index contributed by atoms with van der Waals surface area (Å²) in [6, 6.07) is 0.227. The molecule has 2 fully saturated rings. The van der Waals surface area contributed by atoms with Gasteiger partial charge in [0.1, 0.15) is 6.54 Å². The van der Waals surface area contributed by atoms with Crippen LogP contribution in [0.25, 0.3) is 0 Å². The highest BCUT2D eigenvalue weighted by Gasteiger charge is 2.31. The predicted molar refractivity (Wildman–Crippen MR) is 91.7 cm³/mol. The van der Waals surface area contributed by atoms with E-state index >= 15 is 0 Å². The van der Waals surface area contributed by atoms with Gasteiger partial charge in [0.2, 0.25) is 11.8 Å². The van der Waals surface area contributed by atoms with Crippen LogP contribution >= 0.6 is 11.8 Å². The maximum atomic E-state index is 12.2. The predicted octanol–water partition coefficient (Wildman–Crippen LogP) is 2.47. The highest BCUT2D eigenvalue weighted by atomic mass is 32.2. The minimum atomic E-state index is -0.491. The van der Waals surface area contributed by atoms with Gasteiger partial charge in [-0.15, -0.1) is 0 Å². The first-order valence-electron chi connectivity index (χ1n) is 8.26. The van der Waals surface area contributed by atoms with Crippen LogP contribution in [0.3, 0.4) is 0 Å². The molecule has 0 bridgehead atoms. The smallest absolute Gasteiger partial charge is 0.240 e. The van der Waals surface area contributed by atoms with Crippen molar-refractivity contribution in [2.75, 3.05) is 12.3 Å². The molecule has 1 saturated carbocycles. The molecule has 128 valence electrons. The molecule has 0 aromatic heterocycles. The monoisotopic (exact) mass is 338 g/mol. The molecule has 1 saturated heterocycles. The van der Waals surface area contributed by atoms with Crippen LogP contribution in [0.4, 0.5) is 0 Å². The standard InChI is InChI=1S/C17H26N2O3S/c1-17(2,3)13(20)9-16-19(15(22)11-23-16)10-14(21)18-12-7-5-4-6-8-12/h9,12H,4-8,10-11H2,1-3H3,(H,18,21). The molecule has 1 aliphatic heterocycles. The Labute approximate surface area is 142 Å². The molecule has 0 aromatic rings. The molecule has 0 atom stereocenters. The normalized spacial score (nSPS) is 21.8. The topological polar surface area (TPSA) is 66.5 Å². The largest absolute Gasteiger partial charge is 0.352 e. The third kappa shape index (κ3) is 5.09. The van der Waals surface area contributed by atoms with E-state index in [0.717, 1.165) is 25.7 Å². The minimum Gasteiger partial charge on any atom is -0.352 e. The molecule has 1 heterocycles. The van der Waals surface area contributed by atoms with E-state index in [-0.39, 0.29) is 30.2 Å². The number of thioether (sulfide) groups is 1. The molecule has 0 aromatic carbocycles. The zero-order valence-corrected chi connectivity index (χ0v) is 15.0. The Morgan fingerprint density at radius 3 is 2.52 bits per heavy atom. The first kappa shape index (κ1) is 18.0. The van der Waals surface area contributed by atoms with Crippen molar-refractivity contribution in [1.29, 1.82) is 0 Å². The van der Waals surface area contributed by atoms with E-state index < -0.39 is 5.41 Å². The summed E-state index contributed by atoms with van der Waals surface area (Å²) in [7, 11) is 0. The third-order valence-corrected chi connectivity index (χ3v) is 5.20. The summed E-state index contributed by atoms with van der Waals surface area (Å²) in [5.74, 6) is 0.0101. The van der Waals surface area contributed by atoms with Crippen molar-refractivity contribution in [2.45, 2.75) is 58.9 Å².